The number of nitrogens with zero attached hydrogens (tertiary/aromatic N) is 4. The number of rotatable bonds is 1. The fourth-order valence-electron chi connectivity index (χ4n) is 4.97. The van der Waals surface area contributed by atoms with Crippen molar-refractivity contribution in [3.8, 4) is 11.4 Å². The molecule has 0 aliphatic rings. The molecule has 0 atom stereocenters. The van der Waals surface area contributed by atoms with Gasteiger partial charge in [-0.05, 0) is 97.4 Å². The number of benzene rings is 2. The van der Waals surface area contributed by atoms with Gasteiger partial charge in [0.05, 0.1) is 16.9 Å². The normalized spacial score (nSPS) is 11.8. The van der Waals surface area contributed by atoms with Gasteiger partial charge in [-0.15, -0.1) is 0 Å². The first kappa shape index (κ1) is 18.8. The molecule has 32 heavy (non-hydrogen) atoms. The Bertz CT molecular complexity index is 1720. The highest BCUT2D eigenvalue weighted by molar-refractivity contribution is 6.11. The second-order valence-corrected chi connectivity index (χ2v) is 8.58. The Morgan fingerprint density at radius 2 is 1.38 bits per heavy atom. The standard InChI is InChI=1S/C28H22N4/c1-15-11-19-14-29-9-7-21(19)28-18(4)31-26(13-23(15)28)24-6-5-22-25(32-24)12-16(2)20-8-10-30-17(3)27(20)22/h5-14H,1-4H3. The minimum absolute atomic E-state index is 0.886. The molecule has 0 amide bonds. The lowest BCUT2D eigenvalue weighted by Gasteiger charge is -2.13. The number of hydrogen-bond donors (Lipinski definition) is 0. The van der Waals surface area contributed by atoms with Crippen LogP contribution >= 0.6 is 0 Å². The van der Waals surface area contributed by atoms with Crippen LogP contribution in [0, 0.1) is 27.7 Å². The van der Waals surface area contributed by atoms with Crippen molar-refractivity contribution in [3.63, 3.8) is 0 Å². The SMILES string of the molecule is Cc1cc2cnccc2c2c(C)nc(-c3ccc4c(cc(C)c5ccnc(C)c54)n3)cc12. The van der Waals surface area contributed by atoms with Crippen LogP contribution in [0.1, 0.15) is 22.5 Å². The molecule has 0 N–H and O–H groups in total. The number of pyridine rings is 4. The van der Waals surface area contributed by atoms with Gasteiger partial charge >= 0.3 is 0 Å². The Morgan fingerprint density at radius 1 is 0.594 bits per heavy atom. The third kappa shape index (κ3) is 2.69. The Balaban J connectivity index is 1.62. The van der Waals surface area contributed by atoms with E-state index in [-0.39, 0.29) is 0 Å². The average Bonchev–Trinajstić information content (AvgIpc) is 2.79. The minimum atomic E-state index is 0.886. The summed E-state index contributed by atoms with van der Waals surface area (Å²) in [6, 6.07) is 14.9. The fraction of sp³-hybridized carbons (Fsp3) is 0.143. The van der Waals surface area contributed by atoms with Crippen molar-refractivity contribution in [2.24, 2.45) is 0 Å². The molecule has 0 unspecified atom stereocenters. The number of fused-ring (bicyclic) bond motifs is 6. The monoisotopic (exact) mass is 414 g/mol. The molecule has 0 aliphatic carbocycles. The predicted octanol–water partition coefficient (Wildman–Crippen LogP) is 6.78. The topological polar surface area (TPSA) is 51.6 Å². The van der Waals surface area contributed by atoms with Crippen LogP contribution in [-0.4, -0.2) is 19.9 Å². The van der Waals surface area contributed by atoms with Crippen LogP contribution in [0.15, 0.2) is 61.1 Å². The summed E-state index contributed by atoms with van der Waals surface area (Å²) in [6.07, 6.45) is 5.64. The quantitative estimate of drug-likeness (QED) is 0.278. The third-order valence-electron chi connectivity index (χ3n) is 6.49. The Hall–Kier alpha value is -3.92. The second kappa shape index (κ2) is 6.79. The lowest BCUT2D eigenvalue weighted by atomic mass is 9.97. The highest BCUT2D eigenvalue weighted by atomic mass is 14.8. The molecule has 0 saturated heterocycles. The summed E-state index contributed by atoms with van der Waals surface area (Å²) in [5, 5.41) is 8.28. The van der Waals surface area contributed by atoms with Crippen molar-refractivity contribution < 1.29 is 0 Å². The lowest BCUT2D eigenvalue weighted by molar-refractivity contribution is 1.21. The maximum Gasteiger partial charge on any atom is 0.0896 e. The van der Waals surface area contributed by atoms with E-state index in [2.05, 4.69) is 80.1 Å². The van der Waals surface area contributed by atoms with Crippen LogP contribution < -0.4 is 0 Å². The zero-order chi connectivity index (χ0) is 22.0. The van der Waals surface area contributed by atoms with Gasteiger partial charge in [0.1, 0.15) is 0 Å². The third-order valence-corrected chi connectivity index (χ3v) is 6.49. The van der Waals surface area contributed by atoms with Crippen molar-refractivity contribution in [2.75, 3.05) is 0 Å². The molecule has 4 heteroatoms. The molecule has 0 spiro atoms. The minimum Gasteiger partial charge on any atom is -0.264 e. The highest BCUT2D eigenvalue weighted by Crippen LogP contribution is 2.34. The van der Waals surface area contributed by atoms with E-state index in [0.717, 1.165) is 39.1 Å². The molecule has 6 aromatic rings. The van der Waals surface area contributed by atoms with Crippen molar-refractivity contribution in [1.82, 2.24) is 19.9 Å². The largest absolute Gasteiger partial charge is 0.264 e. The first-order valence-electron chi connectivity index (χ1n) is 10.8. The number of aryl methyl sites for hydroxylation is 4. The van der Waals surface area contributed by atoms with Crippen LogP contribution in [0.3, 0.4) is 0 Å². The van der Waals surface area contributed by atoms with Gasteiger partial charge in [-0.2, -0.15) is 0 Å². The molecule has 0 saturated carbocycles. The average molecular weight is 415 g/mol. The number of aromatic nitrogens is 4. The molecule has 0 radical (unpaired) electrons. The summed E-state index contributed by atoms with van der Waals surface area (Å²) >= 11 is 0. The Labute approximate surface area is 186 Å². The summed E-state index contributed by atoms with van der Waals surface area (Å²) in [5.74, 6) is 0. The van der Waals surface area contributed by atoms with Crippen molar-refractivity contribution in [1.29, 1.82) is 0 Å². The molecule has 0 aliphatic heterocycles. The molecular weight excluding hydrogens is 392 g/mol. The highest BCUT2D eigenvalue weighted by Gasteiger charge is 2.14. The molecule has 0 fully saturated rings. The summed E-state index contributed by atoms with van der Waals surface area (Å²) in [5.41, 5.74) is 7.23. The van der Waals surface area contributed by atoms with Gasteiger partial charge in [0.15, 0.2) is 0 Å². The predicted molar refractivity (Wildman–Crippen MR) is 132 cm³/mol. The van der Waals surface area contributed by atoms with Crippen LogP contribution in [0.25, 0.3) is 54.6 Å². The molecule has 2 aromatic carbocycles. The van der Waals surface area contributed by atoms with Gasteiger partial charge in [-0.1, -0.05) is 0 Å². The van der Waals surface area contributed by atoms with Gasteiger partial charge in [-0.25, -0.2) is 4.98 Å². The van der Waals surface area contributed by atoms with E-state index in [0.29, 0.717) is 0 Å². The smallest absolute Gasteiger partial charge is 0.0896 e. The zero-order valence-electron chi connectivity index (χ0n) is 18.6. The van der Waals surface area contributed by atoms with E-state index < -0.39 is 0 Å². The van der Waals surface area contributed by atoms with E-state index >= 15 is 0 Å². The van der Waals surface area contributed by atoms with Crippen LogP contribution in [0.2, 0.25) is 0 Å². The fourth-order valence-corrected chi connectivity index (χ4v) is 4.97. The summed E-state index contributed by atoms with van der Waals surface area (Å²) in [6.45, 7) is 8.43. The summed E-state index contributed by atoms with van der Waals surface area (Å²) < 4.78 is 0. The van der Waals surface area contributed by atoms with Gasteiger partial charge in [0.25, 0.3) is 0 Å². The second-order valence-electron chi connectivity index (χ2n) is 8.58. The van der Waals surface area contributed by atoms with Crippen LogP contribution in [-0.2, 0) is 0 Å². The number of hydrogen-bond acceptors (Lipinski definition) is 4. The van der Waals surface area contributed by atoms with E-state index in [1.165, 1.54) is 38.1 Å². The first-order chi connectivity index (χ1) is 15.5. The molecule has 6 rings (SSSR count). The van der Waals surface area contributed by atoms with E-state index in [9.17, 15) is 0 Å². The van der Waals surface area contributed by atoms with Crippen molar-refractivity contribution in [2.45, 2.75) is 27.7 Å². The van der Waals surface area contributed by atoms with Crippen molar-refractivity contribution >= 4 is 43.2 Å². The Morgan fingerprint density at radius 3 is 2.25 bits per heavy atom. The Kier molecular flexibility index (Phi) is 3.99. The maximum atomic E-state index is 5.04. The molecule has 4 nitrogen and oxygen atoms in total. The van der Waals surface area contributed by atoms with E-state index in [1.807, 2.05) is 18.6 Å². The van der Waals surface area contributed by atoms with Crippen LogP contribution in [0.5, 0.6) is 0 Å². The van der Waals surface area contributed by atoms with Gasteiger partial charge < -0.3 is 0 Å². The first-order valence-corrected chi connectivity index (χ1v) is 10.8. The van der Waals surface area contributed by atoms with Gasteiger partial charge in [-0.3, -0.25) is 15.0 Å². The maximum absolute atomic E-state index is 5.04. The van der Waals surface area contributed by atoms with Crippen molar-refractivity contribution in [3.05, 3.63) is 83.6 Å². The summed E-state index contributed by atoms with van der Waals surface area (Å²) in [4.78, 5) is 18.8. The summed E-state index contributed by atoms with van der Waals surface area (Å²) in [7, 11) is 0. The molecule has 154 valence electrons. The van der Waals surface area contributed by atoms with Gasteiger partial charge in [0, 0.05) is 51.5 Å². The molecular formula is C28H22N4. The van der Waals surface area contributed by atoms with Crippen LogP contribution in [0.4, 0.5) is 0 Å². The molecule has 4 aromatic heterocycles. The molecule has 4 heterocycles. The van der Waals surface area contributed by atoms with Gasteiger partial charge in [0.2, 0.25) is 0 Å². The molecule has 0 bridgehead atoms. The van der Waals surface area contributed by atoms with E-state index in [1.54, 1.807) is 0 Å². The lowest BCUT2D eigenvalue weighted by Crippen LogP contribution is -1.96. The van der Waals surface area contributed by atoms with E-state index in [4.69, 9.17) is 9.97 Å². The zero-order valence-corrected chi connectivity index (χ0v) is 18.6.